The van der Waals surface area contributed by atoms with Gasteiger partial charge in [-0.1, -0.05) is 17.8 Å². The van der Waals surface area contributed by atoms with Crippen LogP contribution in [0.5, 0.6) is 0 Å². The van der Waals surface area contributed by atoms with Crippen molar-refractivity contribution in [1.82, 2.24) is 9.97 Å². The summed E-state index contributed by atoms with van der Waals surface area (Å²) >= 11 is 4.54. The van der Waals surface area contributed by atoms with E-state index >= 15 is 0 Å². The van der Waals surface area contributed by atoms with E-state index in [4.69, 9.17) is 0 Å². The van der Waals surface area contributed by atoms with Crippen molar-refractivity contribution >= 4 is 27.7 Å². The summed E-state index contributed by atoms with van der Waals surface area (Å²) in [4.78, 5) is 18.1. The molecule has 0 unspecified atom stereocenters. The van der Waals surface area contributed by atoms with Crippen LogP contribution in [0.4, 0.5) is 4.39 Å². The lowest BCUT2D eigenvalue weighted by Gasteiger charge is -2.03. The maximum absolute atomic E-state index is 13.1. The summed E-state index contributed by atoms with van der Waals surface area (Å²) in [6.45, 7) is 1.77. The van der Waals surface area contributed by atoms with Crippen LogP contribution >= 0.6 is 27.7 Å². The normalized spacial score (nSPS) is 10.6. The van der Waals surface area contributed by atoms with Crippen molar-refractivity contribution in [2.24, 2.45) is 0 Å². The summed E-state index contributed by atoms with van der Waals surface area (Å²) in [5.41, 5.74) is 1.48. The fraction of sp³-hybridized carbons (Fsp3) is 0.167. The topological polar surface area (TPSA) is 45.8 Å². The molecular weight excluding hydrogens is 319 g/mol. The third-order valence-corrected chi connectivity index (χ3v) is 3.76. The van der Waals surface area contributed by atoms with Gasteiger partial charge in [-0.05, 0) is 40.5 Å². The van der Waals surface area contributed by atoms with Crippen LogP contribution in [-0.2, 0) is 5.75 Å². The summed E-state index contributed by atoms with van der Waals surface area (Å²) in [7, 11) is 0. The van der Waals surface area contributed by atoms with Crippen LogP contribution in [0.25, 0.3) is 0 Å². The van der Waals surface area contributed by atoms with E-state index in [-0.39, 0.29) is 11.4 Å². The Morgan fingerprint density at radius 1 is 1.44 bits per heavy atom. The summed E-state index contributed by atoms with van der Waals surface area (Å²) in [5, 5.41) is 0.570. The minimum atomic E-state index is -0.286. The summed E-state index contributed by atoms with van der Waals surface area (Å²) < 4.78 is 13.5. The van der Waals surface area contributed by atoms with Crippen molar-refractivity contribution in [3.63, 3.8) is 0 Å². The largest absolute Gasteiger partial charge is 0.301 e. The van der Waals surface area contributed by atoms with Gasteiger partial charge in [-0.3, -0.25) is 4.79 Å². The van der Waals surface area contributed by atoms with Gasteiger partial charge in [0.25, 0.3) is 5.56 Å². The maximum Gasteiger partial charge on any atom is 0.251 e. The average molecular weight is 329 g/mol. The Balaban J connectivity index is 2.11. The molecule has 0 amide bonds. The van der Waals surface area contributed by atoms with Crippen molar-refractivity contribution in [1.29, 1.82) is 0 Å². The zero-order valence-electron chi connectivity index (χ0n) is 9.54. The molecule has 1 heterocycles. The first kappa shape index (κ1) is 13.3. The Hall–Kier alpha value is -1.14. The first-order valence-corrected chi connectivity index (χ1v) is 6.97. The lowest BCUT2D eigenvalue weighted by atomic mass is 10.2. The van der Waals surface area contributed by atoms with Crippen molar-refractivity contribution in [3.05, 3.63) is 56.2 Å². The van der Waals surface area contributed by atoms with Gasteiger partial charge >= 0.3 is 0 Å². The van der Waals surface area contributed by atoms with Crippen LogP contribution in [0.15, 0.2) is 38.7 Å². The van der Waals surface area contributed by atoms with Gasteiger partial charge < -0.3 is 4.98 Å². The van der Waals surface area contributed by atoms with Gasteiger partial charge in [-0.15, -0.1) is 0 Å². The smallest absolute Gasteiger partial charge is 0.251 e. The molecule has 1 aromatic heterocycles. The van der Waals surface area contributed by atoms with Crippen molar-refractivity contribution < 1.29 is 4.39 Å². The SMILES string of the molecule is Cc1cc(=O)[nH]c(SCc2ccc(F)c(Br)c2)n1. The van der Waals surface area contributed by atoms with E-state index in [9.17, 15) is 9.18 Å². The van der Waals surface area contributed by atoms with Crippen LogP contribution in [-0.4, -0.2) is 9.97 Å². The number of aromatic nitrogens is 2. The molecule has 18 heavy (non-hydrogen) atoms. The molecule has 2 aromatic rings. The van der Waals surface area contributed by atoms with E-state index in [1.54, 1.807) is 19.1 Å². The van der Waals surface area contributed by atoms with Crippen LogP contribution in [0.1, 0.15) is 11.3 Å². The van der Waals surface area contributed by atoms with Gasteiger partial charge in [0.2, 0.25) is 0 Å². The molecule has 0 saturated heterocycles. The standard InChI is InChI=1S/C12H10BrFN2OS/c1-7-4-11(17)16-12(15-7)18-6-8-2-3-10(14)9(13)5-8/h2-5H,6H2,1H3,(H,15,16,17). The lowest BCUT2D eigenvalue weighted by molar-refractivity contribution is 0.620. The molecule has 1 aromatic carbocycles. The first-order chi connectivity index (χ1) is 8.54. The molecular formula is C12H10BrFN2OS. The number of hydrogen-bond acceptors (Lipinski definition) is 3. The number of hydrogen-bond donors (Lipinski definition) is 1. The van der Waals surface area contributed by atoms with Gasteiger partial charge in [-0.2, -0.15) is 0 Å². The van der Waals surface area contributed by atoms with Crippen LogP contribution < -0.4 is 5.56 Å². The van der Waals surface area contributed by atoms with E-state index in [0.29, 0.717) is 21.1 Å². The highest BCUT2D eigenvalue weighted by Gasteiger charge is 2.03. The minimum Gasteiger partial charge on any atom is -0.301 e. The predicted molar refractivity (Wildman–Crippen MR) is 73.3 cm³/mol. The highest BCUT2D eigenvalue weighted by Crippen LogP contribution is 2.22. The molecule has 6 heteroatoms. The number of halogens is 2. The van der Waals surface area contributed by atoms with E-state index < -0.39 is 0 Å². The van der Waals surface area contributed by atoms with Crippen molar-refractivity contribution in [3.8, 4) is 0 Å². The maximum atomic E-state index is 13.1. The highest BCUT2D eigenvalue weighted by molar-refractivity contribution is 9.10. The van der Waals surface area contributed by atoms with Gasteiger partial charge in [0.05, 0.1) is 4.47 Å². The quantitative estimate of drug-likeness (QED) is 0.694. The number of benzene rings is 1. The molecule has 0 aliphatic carbocycles. The lowest BCUT2D eigenvalue weighted by Crippen LogP contribution is -2.08. The molecule has 0 aliphatic heterocycles. The Bertz CT molecular complexity index is 630. The fourth-order valence-corrected chi connectivity index (χ4v) is 2.69. The molecule has 0 spiro atoms. The molecule has 0 saturated carbocycles. The third kappa shape index (κ3) is 3.43. The molecule has 0 fully saturated rings. The molecule has 1 N–H and O–H groups in total. The van der Waals surface area contributed by atoms with Crippen molar-refractivity contribution in [2.75, 3.05) is 0 Å². The predicted octanol–water partition coefficient (Wildman–Crippen LogP) is 3.27. The zero-order chi connectivity index (χ0) is 13.1. The summed E-state index contributed by atoms with van der Waals surface area (Å²) in [5.74, 6) is 0.330. The number of nitrogens with one attached hydrogen (secondary N) is 1. The Morgan fingerprint density at radius 3 is 2.89 bits per heavy atom. The van der Waals surface area contributed by atoms with E-state index in [2.05, 4.69) is 25.9 Å². The zero-order valence-corrected chi connectivity index (χ0v) is 11.9. The molecule has 0 aliphatic rings. The monoisotopic (exact) mass is 328 g/mol. The van der Waals surface area contributed by atoms with Gasteiger partial charge in [0.15, 0.2) is 5.16 Å². The van der Waals surface area contributed by atoms with Crippen LogP contribution in [0, 0.1) is 12.7 Å². The highest BCUT2D eigenvalue weighted by atomic mass is 79.9. The third-order valence-electron chi connectivity index (χ3n) is 2.21. The second-order valence-corrected chi connectivity index (χ2v) is 5.55. The number of aromatic amines is 1. The number of aryl methyl sites for hydroxylation is 1. The Kier molecular flexibility index (Phi) is 4.19. The van der Waals surface area contributed by atoms with E-state index in [1.807, 2.05) is 0 Å². The molecule has 2 rings (SSSR count). The fourth-order valence-electron chi connectivity index (χ4n) is 1.40. The Morgan fingerprint density at radius 2 is 2.22 bits per heavy atom. The minimum absolute atomic E-state index is 0.162. The van der Waals surface area contributed by atoms with Crippen LogP contribution in [0.3, 0.4) is 0 Å². The number of thioether (sulfide) groups is 1. The first-order valence-electron chi connectivity index (χ1n) is 5.19. The number of nitrogens with zero attached hydrogens (tertiary/aromatic N) is 1. The number of rotatable bonds is 3. The van der Waals surface area contributed by atoms with Gasteiger partial charge in [0.1, 0.15) is 5.82 Å². The van der Waals surface area contributed by atoms with Crippen LogP contribution in [0.2, 0.25) is 0 Å². The molecule has 0 bridgehead atoms. The summed E-state index contributed by atoms with van der Waals surface area (Å²) in [6, 6.07) is 6.28. The second kappa shape index (κ2) is 5.67. The number of H-pyrrole nitrogens is 1. The second-order valence-electron chi connectivity index (χ2n) is 3.73. The van der Waals surface area contributed by atoms with E-state index in [0.717, 1.165) is 5.56 Å². The summed E-state index contributed by atoms with van der Waals surface area (Å²) in [6.07, 6.45) is 0. The van der Waals surface area contributed by atoms with Crippen molar-refractivity contribution in [2.45, 2.75) is 17.8 Å². The molecule has 3 nitrogen and oxygen atoms in total. The van der Waals surface area contributed by atoms with Gasteiger partial charge in [-0.25, -0.2) is 9.37 Å². The van der Waals surface area contributed by atoms with Gasteiger partial charge in [0, 0.05) is 17.5 Å². The Labute approximate surface area is 116 Å². The molecule has 0 atom stereocenters. The average Bonchev–Trinajstić information content (AvgIpc) is 2.29. The molecule has 0 radical (unpaired) electrons. The molecule has 94 valence electrons. The van der Waals surface area contributed by atoms with E-state index in [1.165, 1.54) is 23.9 Å².